The predicted molar refractivity (Wildman–Crippen MR) is 111 cm³/mol. The highest BCUT2D eigenvalue weighted by Crippen LogP contribution is 2.35. The number of nitrogens with zero attached hydrogens (tertiary/aromatic N) is 3. The second-order valence-electron chi connectivity index (χ2n) is 7.28. The number of amides is 1. The van der Waals surface area contributed by atoms with Crippen LogP contribution in [0.25, 0.3) is 0 Å². The van der Waals surface area contributed by atoms with Crippen LogP contribution in [0.4, 0.5) is 11.4 Å². The molecule has 1 heterocycles. The topological polar surface area (TPSA) is 90.1 Å². The molecule has 0 radical (unpaired) electrons. The summed E-state index contributed by atoms with van der Waals surface area (Å²) in [5, 5.41) is 14.1. The number of nitro benzene ring substituents is 1. The smallest absolute Gasteiger partial charge is 0.269 e. The van der Waals surface area contributed by atoms with Crippen molar-refractivity contribution < 1.29 is 9.72 Å². The summed E-state index contributed by atoms with van der Waals surface area (Å²) in [4.78, 5) is 27.6. The molecular formula is C20H26N4O3S. The van der Waals surface area contributed by atoms with E-state index in [1.165, 1.54) is 48.9 Å². The fourth-order valence-electron chi connectivity index (χ4n) is 3.57. The van der Waals surface area contributed by atoms with E-state index in [0.29, 0.717) is 11.7 Å². The van der Waals surface area contributed by atoms with E-state index in [0.717, 1.165) is 23.7 Å². The summed E-state index contributed by atoms with van der Waals surface area (Å²) < 4.78 is 2.31. The van der Waals surface area contributed by atoms with Crippen molar-refractivity contribution in [1.82, 2.24) is 9.55 Å². The summed E-state index contributed by atoms with van der Waals surface area (Å²) in [7, 11) is 0. The molecule has 1 N–H and O–H groups in total. The predicted octanol–water partition coefficient (Wildman–Crippen LogP) is 5.03. The molecule has 0 saturated heterocycles. The number of hydrogen-bond acceptors (Lipinski definition) is 5. The maximum atomic E-state index is 12.6. The molecule has 1 aromatic heterocycles. The lowest BCUT2D eigenvalue weighted by Gasteiger charge is -2.26. The highest BCUT2D eigenvalue weighted by molar-refractivity contribution is 8.00. The number of rotatable bonds is 6. The number of nitro groups is 1. The van der Waals surface area contributed by atoms with Crippen LogP contribution >= 0.6 is 11.8 Å². The highest BCUT2D eigenvalue weighted by Gasteiger charge is 2.25. The van der Waals surface area contributed by atoms with Gasteiger partial charge in [0.05, 0.1) is 15.9 Å². The number of aromatic nitrogens is 2. The van der Waals surface area contributed by atoms with Crippen LogP contribution in [0.2, 0.25) is 0 Å². The number of benzene rings is 1. The van der Waals surface area contributed by atoms with Gasteiger partial charge < -0.3 is 9.88 Å². The second kappa shape index (κ2) is 8.77. The first kappa shape index (κ1) is 20.4. The number of hydrogen-bond donors (Lipinski definition) is 1. The summed E-state index contributed by atoms with van der Waals surface area (Å²) in [5.74, 6) is -0.146. The Kier molecular flexibility index (Phi) is 6.39. The largest absolute Gasteiger partial charge is 0.325 e. The summed E-state index contributed by atoms with van der Waals surface area (Å²) in [6, 6.07) is 6.32. The normalized spacial score (nSPS) is 16.0. The van der Waals surface area contributed by atoms with Gasteiger partial charge in [-0.05, 0) is 45.7 Å². The van der Waals surface area contributed by atoms with Gasteiger partial charge in [0.1, 0.15) is 0 Å². The standard InChI is InChI=1S/C20H26N4O3S/c1-13-14(2)23(17-7-5-4-6-8-17)20(21-13)28-15(3)19(25)22-16-9-11-18(12-10-16)24(26)27/h9-12,15,17H,4-8H2,1-3H3,(H,22,25). The molecule has 150 valence electrons. The molecule has 1 aliphatic rings. The lowest BCUT2D eigenvalue weighted by Crippen LogP contribution is -2.23. The zero-order chi connectivity index (χ0) is 20.3. The lowest BCUT2D eigenvalue weighted by atomic mass is 9.95. The van der Waals surface area contributed by atoms with E-state index in [1.807, 2.05) is 13.8 Å². The average Bonchev–Trinajstić information content (AvgIpc) is 2.96. The molecule has 0 aliphatic heterocycles. The summed E-state index contributed by atoms with van der Waals surface area (Å²) in [6.07, 6.45) is 6.09. The van der Waals surface area contributed by atoms with Gasteiger partial charge in [0, 0.05) is 29.6 Å². The minimum Gasteiger partial charge on any atom is -0.325 e. The van der Waals surface area contributed by atoms with Crippen LogP contribution in [-0.4, -0.2) is 25.6 Å². The molecule has 8 heteroatoms. The van der Waals surface area contributed by atoms with Gasteiger partial charge >= 0.3 is 0 Å². The molecule has 2 aromatic rings. The molecule has 1 fully saturated rings. The van der Waals surface area contributed by atoms with Crippen LogP contribution in [0, 0.1) is 24.0 Å². The molecule has 1 amide bonds. The molecular weight excluding hydrogens is 376 g/mol. The molecule has 1 unspecified atom stereocenters. The fraction of sp³-hybridized carbons (Fsp3) is 0.500. The lowest BCUT2D eigenvalue weighted by molar-refractivity contribution is -0.384. The number of aryl methyl sites for hydroxylation is 1. The molecule has 1 saturated carbocycles. The van der Waals surface area contributed by atoms with Crippen molar-refractivity contribution in [3.8, 4) is 0 Å². The summed E-state index contributed by atoms with van der Waals surface area (Å²) >= 11 is 1.47. The van der Waals surface area contributed by atoms with Crippen LogP contribution in [0.1, 0.15) is 56.5 Å². The molecule has 1 aromatic carbocycles. The second-order valence-corrected chi connectivity index (χ2v) is 8.59. The van der Waals surface area contributed by atoms with Gasteiger partial charge in [-0.25, -0.2) is 4.98 Å². The number of non-ortho nitro benzene ring substituents is 1. The minimum atomic E-state index is -0.459. The Morgan fingerprint density at radius 2 is 1.89 bits per heavy atom. The zero-order valence-corrected chi connectivity index (χ0v) is 17.3. The van der Waals surface area contributed by atoms with Gasteiger partial charge in [0.2, 0.25) is 5.91 Å². The van der Waals surface area contributed by atoms with Crippen LogP contribution in [0.5, 0.6) is 0 Å². The maximum Gasteiger partial charge on any atom is 0.269 e. The third kappa shape index (κ3) is 4.55. The molecule has 28 heavy (non-hydrogen) atoms. The monoisotopic (exact) mass is 402 g/mol. The van der Waals surface area contributed by atoms with Gasteiger partial charge in [-0.3, -0.25) is 14.9 Å². The fourth-order valence-corrected chi connectivity index (χ4v) is 4.64. The first-order chi connectivity index (χ1) is 13.4. The van der Waals surface area contributed by atoms with E-state index in [-0.39, 0.29) is 16.8 Å². The van der Waals surface area contributed by atoms with E-state index >= 15 is 0 Å². The van der Waals surface area contributed by atoms with Crippen molar-refractivity contribution in [3.05, 3.63) is 45.8 Å². The van der Waals surface area contributed by atoms with Crippen molar-refractivity contribution in [3.63, 3.8) is 0 Å². The Hall–Kier alpha value is -2.35. The Balaban J connectivity index is 1.70. The van der Waals surface area contributed by atoms with Crippen molar-refractivity contribution in [1.29, 1.82) is 0 Å². The third-order valence-electron chi connectivity index (χ3n) is 5.29. The van der Waals surface area contributed by atoms with E-state index in [1.54, 1.807) is 12.1 Å². The van der Waals surface area contributed by atoms with Crippen LogP contribution < -0.4 is 5.32 Å². The number of carbonyl (C=O) groups excluding carboxylic acids is 1. The van der Waals surface area contributed by atoms with Gasteiger partial charge in [-0.2, -0.15) is 0 Å². The molecule has 0 spiro atoms. The number of imidazole rings is 1. The molecule has 1 aliphatic carbocycles. The minimum absolute atomic E-state index is 0.000817. The van der Waals surface area contributed by atoms with Crippen molar-refractivity contribution in [2.75, 3.05) is 5.32 Å². The van der Waals surface area contributed by atoms with Gasteiger partial charge in [0.25, 0.3) is 5.69 Å². The number of nitrogens with one attached hydrogen (secondary N) is 1. The van der Waals surface area contributed by atoms with Gasteiger partial charge in [-0.15, -0.1) is 0 Å². The Morgan fingerprint density at radius 3 is 2.50 bits per heavy atom. The Morgan fingerprint density at radius 1 is 1.25 bits per heavy atom. The number of carbonyl (C=O) groups is 1. The molecule has 3 rings (SSSR count). The van der Waals surface area contributed by atoms with E-state index in [2.05, 4.69) is 16.8 Å². The van der Waals surface area contributed by atoms with Crippen molar-refractivity contribution >= 4 is 29.0 Å². The van der Waals surface area contributed by atoms with Crippen LogP contribution in [-0.2, 0) is 4.79 Å². The molecule has 0 bridgehead atoms. The average molecular weight is 403 g/mol. The van der Waals surface area contributed by atoms with Gasteiger partial charge in [-0.1, -0.05) is 31.0 Å². The van der Waals surface area contributed by atoms with Crippen LogP contribution in [0.3, 0.4) is 0 Å². The number of thioether (sulfide) groups is 1. The third-order valence-corrected chi connectivity index (χ3v) is 6.36. The first-order valence-corrected chi connectivity index (χ1v) is 10.5. The van der Waals surface area contributed by atoms with Gasteiger partial charge in [0.15, 0.2) is 5.16 Å². The molecule has 1 atom stereocenters. The summed E-state index contributed by atoms with van der Waals surface area (Å²) in [5.41, 5.74) is 2.74. The van der Waals surface area contributed by atoms with E-state index < -0.39 is 4.92 Å². The van der Waals surface area contributed by atoms with Crippen molar-refractivity contribution in [2.24, 2.45) is 0 Å². The Labute approximate surface area is 169 Å². The van der Waals surface area contributed by atoms with Crippen molar-refractivity contribution in [2.45, 2.75) is 69.3 Å². The highest BCUT2D eigenvalue weighted by atomic mass is 32.2. The maximum absolute atomic E-state index is 12.6. The SMILES string of the molecule is Cc1nc(SC(C)C(=O)Nc2ccc([N+](=O)[O-])cc2)n(C2CCCCC2)c1C. The zero-order valence-electron chi connectivity index (χ0n) is 16.5. The Bertz CT molecular complexity index is 857. The quantitative estimate of drug-likeness (QED) is 0.416. The van der Waals surface area contributed by atoms with E-state index in [9.17, 15) is 14.9 Å². The first-order valence-electron chi connectivity index (χ1n) is 9.64. The summed E-state index contributed by atoms with van der Waals surface area (Å²) in [6.45, 7) is 5.97. The van der Waals surface area contributed by atoms with Crippen LogP contribution in [0.15, 0.2) is 29.4 Å². The van der Waals surface area contributed by atoms with E-state index in [4.69, 9.17) is 4.98 Å². The molecule has 7 nitrogen and oxygen atoms in total. The number of anilines is 1.